The minimum atomic E-state index is -0.0649. The minimum Gasteiger partial charge on any atom is -0.394 e. The number of likely N-dealkylation sites (tertiary alicyclic amines) is 1. The first-order valence-corrected chi connectivity index (χ1v) is 5.79. The van der Waals surface area contributed by atoms with Crippen LogP contribution < -0.4 is 5.32 Å². The van der Waals surface area contributed by atoms with E-state index in [0.29, 0.717) is 0 Å². The number of rotatable bonds is 5. The largest absolute Gasteiger partial charge is 0.394 e. The molecular weight excluding hydrogens is 190 g/mol. The Hall–Kier alpha value is -0.160. The molecule has 1 rings (SSSR count). The SMILES string of the molecule is CNC1(CO)CCCN(CCN(C)C)C1. The summed E-state index contributed by atoms with van der Waals surface area (Å²) in [5, 5.41) is 12.7. The Labute approximate surface area is 93.2 Å². The predicted octanol–water partition coefficient (Wildman–Crippen LogP) is -0.406. The van der Waals surface area contributed by atoms with Crippen LogP contribution in [-0.4, -0.2) is 74.4 Å². The summed E-state index contributed by atoms with van der Waals surface area (Å²) in [7, 11) is 6.15. The average molecular weight is 215 g/mol. The van der Waals surface area contributed by atoms with Gasteiger partial charge < -0.3 is 20.2 Å². The van der Waals surface area contributed by atoms with E-state index in [1.807, 2.05) is 7.05 Å². The predicted molar refractivity (Wildman–Crippen MR) is 63.1 cm³/mol. The molecule has 4 heteroatoms. The van der Waals surface area contributed by atoms with E-state index in [1.165, 1.54) is 6.42 Å². The molecule has 0 aliphatic carbocycles. The van der Waals surface area contributed by atoms with E-state index in [0.717, 1.165) is 32.6 Å². The third-order valence-corrected chi connectivity index (χ3v) is 3.35. The molecule has 1 heterocycles. The van der Waals surface area contributed by atoms with Crippen LogP contribution in [0.4, 0.5) is 0 Å². The number of likely N-dealkylation sites (N-methyl/N-ethyl adjacent to an activating group) is 2. The van der Waals surface area contributed by atoms with Crippen molar-refractivity contribution >= 4 is 0 Å². The zero-order chi connectivity index (χ0) is 11.3. The highest BCUT2D eigenvalue weighted by molar-refractivity contribution is 4.93. The van der Waals surface area contributed by atoms with Gasteiger partial charge in [0.25, 0.3) is 0 Å². The zero-order valence-electron chi connectivity index (χ0n) is 10.3. The monoisotopic (exact) mass is 215 g/mol. The molecule has 90 valence electrons. The van der Waals surface area contributed by atoms with Crippen LogP contribution in [-0.2, 0) is 0 Å². The van der Waals surface area contributed by atoms with Crippen LogP contribution in [0.5, 0.6) is 0 Å². The maximum Gasteiger partial charge on any atom is 0.0625 e. The number of hydrogen-bond donors (Lipinski definition) is 2. The van der Waals surface area contributed by atoms with Gasteiger partial charge in [-0.15, -0.1) is 0 Å². The molecule has 1 fully saturated rings. The molecule has 0 spiro atoms. The summed E-state index contributed by atoms with van der Waals surface area (Å²) in [6.45, 7) is 4.55. The zero-order valence-corrected chi connectivity index (χ0v) is 10.3. The maximum atomic E-state index is 9.44. The molecule has 0 bridgehead atoms. The molecule has 0 aromatic carbocycles. The molecule has 0 aromatic rings. The fourth-order valence-corrected chi connectivity index (χ4v) is 2.17. The van der Waals surface area contributed by atoms with Crippen LogP contribution in [0.25, 0.3) is 0 Å². The van der Waals surface area contributed by atoms with Gasteiger partial charge in [-0.1, -0.05) is 0 Å². The van der Waals surface area contributed by atoms with Crippen molar-refractivity contribution in [1.29, 1.82) is 0 Å². The Morgan fingerprint density at radius 3 is 2.73 bits per heavy atom. The van der Waals surface area contributed by atoms with Crippen LogP contribution in [0.15, 0.2) is 0 Å². The van der Waals surface area contributed by atoms with Gasteiger partial charge in [0.15, 0.2) is 0 Å². The number of piperidine rings is 1. The Bertz CT molecular complexity index is 181. The molecular formula is C11H25N3O. The van der Waals surface area contributed by atoms with Gasteiger partial charge in [-0.3, -0.25) is 0 Å². The van der Waals surface area contributed by atoms with Gasteiger partial charge in [-0.05, 0) is 40.5 Å². The Morgan fingerprint density at radius 1 is 1.47 bits per heavy atom. The van der Waals surface area contributed by atoms with Crippen LogP contribution in [0.3, 0.4) is 0 Å². The number of hydrogen-bond acceptors (Lipinski definition) is 4. The lowest BCUT2D eigenvalue weighted by molar-refractivity contribution is 0.0695. The second-order valence-corrected chi connectivity index (χ2v) is 4.87. The van der Waals surface area contributed by atoms with Crippen molar-refractivity contribution in [2.45, 2.75) is 18.4 Å². The summed E-state index contributed by atoms with van der Waals surface area (Å²) < 4.78 is 0. The molecule has 1 atom stereocenters. The number of aliphatic hydroxyl groups is 1. The smallest absolute Gasteiger partial charge is 0.0625 e. The standard InChI is InChI=1S/C11H25N3O/c1-12-11(10-15)5-4-6-14(9-11)8-7-13(2)3/h12,15H,4-10H2,1-3H3. The third kappa shape index (κ3) is 3.72. The number of aliphatic hydroxyl groups excluding tert-OH is 1. The van der Waals surface area contributed by atoms with Gasteiger partial charge in [0, 0.05) is 19.6 Å². The summed E-state index contributed by atoms with van der Waals surface area (Å²) in [6.07, 6.45) is 2.26. The van der Waals surface area contributed by atoms with E-state index in [1.54, 1.807) is 0 Å². The highest BCUT2D eigenvalue weighted by atomic mass is 16.3. The molecule has 1 saturated heterocycles. The Balaban J connectivity index is 2.41. The lowest BCUT2D eigenvalue weighted by atomic mass is 9.90. The third-order valence-electron chi connectivity index (χ3n) is 3.35. The topological polar surface area (TPSA) is 38.7 Å². The summed E-state index contributed by atoms with van der Waals surface area (Å²) in [6, 6.07) is 0. The van der Waals surface area contributed by atoms with Crippen LogP contribution in [0, 0.1) is 0 Å². The van der Waals surface area contributed by atoms with E-state index in [2.05, 4.69) is 29.2 Å². The van der Waals surface area contributed by atoms with E-state index in [-0.39, 0.29) is 12.1 Å². The van der Waals surface area contributed by atoms with Crippen molar-refractivity contribution in [2.24, 2.45) is 0 Å². The maximum absolute atomic E-state index is 9.44. The summed E-state index contributed by atoms with van der Waals surface area (Å²) in [4.78, 5) is 4.64. The van der Waals surface area contributed by atoms with Gasteiger partial charge in [0.05, 0.1) is 12.1 Å². The van der Waals surface area contributed by atoms with E-state index < -0.39 is 0 Å². The minimum absolute atomic E-state index is 0.0649. The molecule has 1 aliphatic heterocycles. The first-order valence-electron chi connectivity index (χ1n) is 5.79. The van der Waals surface area contributed by atoms with E-state index >= 15 is 0 Å². The second kappa shape index (κ2) is 5.80. The molecule has 2 N–H and O–H groups in total. The van der Waals surface area contributed by atoms with Gasteiger partial charge in [-0.2, -0.15) is 0 Å². The fourth-order valence-electron chi connectivity index (χ4n) is 2.17. The number of nitrogens with zero attached hydrogens (tertiary/aromatic N) is 2. The van der Waals surface area contributed by atoms with Gasteiger partial charge in [-0.25, -0.2) is 0 Å². The molecule has 0 aromatic heterocycles. The molecule has 0 radical (unpaired) electrons. The van der Waals surface area contributed by atoms with E-state index in [9.17, 15) is 5.11 Å². The molecule has 1 aliphatic rings. The van der Waals surface area contributed by atoms with Crippen molar-refractivity contribution < 1.29 is 5.11 Å². The number of nitrogens with one attached hydrogen (secondary N) is 1. The van der Waals surface area contributed by atoms with E-state index in [4.69, 9.17) is 0 Å². The lowest BCUT2D eigenvalue weighted by Gasteiger charge is -2.42. The second-order valence-electron chi connectivity index (χ2n) is 4.87. The molecule has 15 heavy (non-hydrogen) atoms. The quantitative estimate of drug-likeness (QED) is 0.654. The van der Waals surface area contributed by atoms with Crippen LogP contribution in [0.1, 0.15) is 12.8 Å². The van der Waals surface area contributed by atoms with Gasteiger partial charge >= 0.3 is 0 Å². The van der Waals surface area contributed by atoms with Crippen molar-refractivity contribution in [3.8, 4) is 0 Å². The molecule has 0 amide bonds. The summed E-state index contributed by atoms with van der Waals surface area (Å²) in [5.74, 6) is 0. The molecule has 0 saturated carbocycles. The first-order chi connectivity index (χ1) is 7.12. The van der Waals surface area contributed by atoms with Crippen molar-refractivity contribution in [3.05, 3.63) is 0 Å². The highest BCUT2D eigenvalue weighted by Gasteiger charge is 2.32. The van der Waals surface area contributed by atoms with Crippen LogP contribution in [0.2, 0.25) is 0 Å². The Morgan fingerprint density at radius 2 is 2.20 bits per heavy atom. The normalized spacial score (nSPS) is 28.6. The van der Waals surface area contributed by atoms with Crippen LogP contribution >= 0.6 is 0 Å². The fraction of sp³-hybridized carbons (Fsp3) is 1.00. The average Bonchev–Trinajstić information content (AvgIpc) is 2.26. The van der Waals surface area contributed by atoms with Gasteiger partial charge in [0.2, 0.25) is 0 Å². The summed E-state index contributed by atoms with van der Waals surface area (Å²) in [5.41, 5.74) is -0.0649. The summed E-state index contributed by atoms with van der Waals surface area (Å²) >= 11 is 0. The Kier molecular flexibility index (Phi) is 4.99. The van der Waals surface area contributed by atoms with Gasteiger partial charge in [0.1, 0.15) is 0 Å². The molecule has 1 unspecified atom stereocenters. The highest BCUT2D eigenvalue weighted by Crippen LogP contribution is 2.19. The lowest BCUT2D eigenvalue weighted by Crippen LogP contribution is -2.58. The van der Waals surface area contributed by atoms with Crippen molar-refractivity contribution in [1.82, 2.24) is 15.1 Å². The molecule has 4 nitrogen and oxygen atoms in total. The first kappa shape index (κ1) is 12.9. The van der Waals surface area contributed by atoms with Crippen molar-refractivity contribution in [2.75, 3.05) is 53.9 Å². The van der Waals surface area contributed by atoms with Crippen molar-refractivity contribution in [3.63, 3.8) is 0 Å².